The number of nitrogens with two attached hydrogens (primary N) is 1. The van der Waals surface area contributed by atoms with Crippen LogP contribution in [-0.4, -0.2) is 12.1 Å². The number of aromatic nitrogens is 1. The van der Waals surface area contributed by atoms with Crippen LogP contribution in [0.2, 0.25) is 5.02 Å². The summed E-state index contributed by atoms with van der Waals surface area (Å²) in [7, 11) is 1.59. The van der Waals surface area contributed by atoms with Gasteiger partial charge in [0.1, 0.15) is 11.6 Å². The molecule has 0 amide bonds. The number of nitrogen functional groups attached to an aromatic ring is 1. The van der Waals surface area contributed by atoms with Crippen molar-refractivity contribution in [1.29, 1.82) is 0 Å². The smallest absolute Gasteiger partial charge is 0.145 e. The van der Waals surface area contributed by atoms with Crippen LogP contribution in [0.5, 0.6) is 5.75 Å². The third kappa shape index (κ3) is 3.52. The Balaban J connectivity index is 2.08. The van der Waals surface area contributed by atoms with E-state index in [2.05, 4.69) is 26.2 Å². The molecule has 0 aliphatic carbocycles. The molecule has 2 rings (SSSR count). The van der Waals surface area contributed by atoms with Gasteiger partial charge in [0.25, 0.3) is 0 Å². The van der Waals surface area contributed by atoms with Crippen LogP contribution in [0.1, 0.15) is 5.56 Å². The molecule has 6 heteroatoms. The molecule has 0 radical (unpaired) electrons. The van der Waals surface area contributed by atoms with Crippen molar-refractivity contribution >= 4 is 39.0 Å². The third-order valence-corrected chi connectivity index (χ3v) is 3.28. The Labute approximate surface area is 125 Å². The van der Waals surface area contributed by atoms with Gasteiger partial charge in [-0.3, -0.25) is 0 Å². The molecule has 100 valence electrons. The van der Waals surface area contributed by atoms with Gasteiger partial charge >= 0.3 is 0 Å². The van der Waals surface area contributed by atoms with Gasteiger partial charge in [0.15, 0.2) is 0 Å². The van der Waals surface area contributed by atoms with Crippen LogP contribution in [0, 0.1) is 0 Å². The monoisotopic (exact) mass is 341 g/mol. The number of hydrogen-bond donors (Lipinski definition) is 2. The zero-order chi connectivity index (χ0) is 13.8. The van der Waals surface area contributed by atoms with Crippen molar-refractivity contribution in [3.05, 3.63) is 45.5 Å². The Morgan fingerprint density at radius 1 is 1.42 bits per heavy atom. The van der Waals surface area contributed by atoms with Gasteiger partial charge in [0.05, 0.1) is 17.8 Å². The molecule has 19 heavy (non-hydrogen) atoms. The Hall–Kier alpha value is -1.46. The second kappa shape index (κ2) is 6.12. The fourth-order valence-corrected chi connectivity index (χ4v) is 2.32. The first-order valence-corrected chi connectivity index (χ1v) is 6.74. The molecule has 1 aromatic heterocycles. The van der Waals surface area contributed by atoms with Crippen molar-refractivity contribution in [2.24, 2.45) is 0 Å². The summed E-state index contributed by atoms with van der Waals surface area (Å²) in [5.41, 5.74) is 7.48. The molecule has 0 aliphatic rings. The first-order valence-electron chi connectivity index (χ1n) is 5.57. The second-order valence-corrected chi connectivity index (χ2v) is 5.24. The van der Waals surface area contributed by atoms with Crippen LogP contribution in [0.25, 0.3) is 0 Å². The summed E-state index contributed by atoms with van der Waals surface area (Å²) in [5, 5.41) is 3.73. The highest BCUT2D eigenvalue weighted by molar-refractivity contribution is 9.10. The van der Waals surface area contributed by atoms with Gasteiger partial charge in [-0.1, -0.05) is 17.7 Å². The lowest BCUT2D eigenvalue weighted by Gasteiger charge is -2.10. The number of anilines is 2. The normalized spacial score (nSPS) is 10.3. The average Bonchev–Trinajstić information content (AvgIpc) is 2.38. The number of pyridine rings is 1. The largest absolute Gasteiger partial charge is 0.495 e. The maximum atomic E-state index is 6.08. The minimum Gasteiger partial charge on any atom is -0.495 e. The van der Waals surface area contributed by atoms with Gasteiger partial charge in [-0.2, -0.15) is 0 Å². The fourth-order valence-electron chi connectivity index (χ4n) is 1.62. The van der Waals surface area contributed by atoms with E-state index in [0.29, 0.717) is 28.8 Å². The summed E-state index contributed by atoms with van der Waals surface area (Å²) in [6.07, 6.45) is 1.69. The highest BCUT2D eigenvalue weighted by atomic mass is 79.9. The van der Waals surface area contributed by atoms with Gasteiger partial charge in [-0.15, -0.1) is 0 Å². The lowest BCUT2D eigenvalue weighted by molar-refractivity contribution is 0.417. The molecule has 2 aromatic rings. The van der Waals surface area contributed by atoms with E-state index in [1.807, 2.05) is 18.2 Å². The van der Waals surface area contributed by atoms with Crippen LogP contribution in [0.4, 0.5) is 11.5 Å². The SMILES string of the molecule is COc1ccc(CNc2ncc(Br)cc2Cl)cc1N. The van der Waals surface area contributed by atoms with Crippen molar-refractivity contribution in [2.45, 2.75) is 6.54 Å². The molecule has 4 nitrogen and oxygen atoms in total. The molecule has 0 unspecified atom stereocenters. The van der Waals surface area contributed by atoms with Crippen LogP contribution < -0.4 is 15.8 Å². The fraction of sp³-hybridized carbons (Fsp3) is 0.154. The Bertz CT molecular complexity index is 592. The summed E-state index contributed by atoms with van der Waals surface area (Å²) in [6.45, 7) is 0.586. The Kier molecular flexibility index (Phi) is 4.50. The molecule has 0 fully saturated rings. The van der Waals surface area contributed by atoms with E-state index in [-0.39, 0.29) is 0 Å². The lowest BCUT2D eigenvalue weighted by Crippen LogP contribution is -2.03. The molecule has 1 heterocycles. The number of nitrogens with zero attached hydrogens (tertiary/aromatic N) is 1. The van der Waals surface area contributed by atoms with E-state index in [1.165, 1.54) is 0 Å². The molecule has 0 bridgehead atoms. The van der Waals surface area contributed by atoms with E-state index in [9.17, 15) is 0 Å². The maximum Gasteiger partial charge on any atom is 0.145 e. The summed E-state index contributed by atoms with van der Waals surface area (Å²) < 4.78 is 5.96. The molecule has 0 aliphatic heterocycles. The van der Waals surface area contributed by atoms with Crippen molar-refractivity contribution in [1.82, 2.24) is 4.98 Å². The number of ether oxygens (including phenoxy) is 1. The van der Waals surface area contributed by atoms with Crippen LogP contribution in [0.15, 0.2) is 34.9 Å². The van der Waals surface area contributed by atoms with Crippen LogP contribution in [-0.2, 0) is 6.54 Å². The van der Waals surface area contributed by atoms with Crippen molar-refractivity contribution in [3.63, 3.8) is 0 Å². The zero-order valence-electron chi connectivity index (χ0n) is 10.3. The quantitative estimate of drug-likeness (QED) is 0.832. The van der Waals surface area contributed by atoms with E-state index >= 15 is 0 Å². The lowest BCUT2D eigenvalue weighted by atomic mass is 10.2. The van der Waals surface area contributed by atoms with Gasteiger partial charge in [-0.05, 0) is 39.7 Å². The molecule has 0 saturated heterocycles. The summed E-state index contributed by atoms with van der Waals surface area (Å²) >= 11 is 9.39. The van der Waals surface area contributed by atoms with Gasteiger partial charge in [0, 0.05) is 17.2 Å². The topological polar surface area (TPSA) is 60.2 Å². The molecule has 0 saturated carbocycles. The third-order valence-electron chi connectivity index (χ3n) is 2.56. The summed E-state index contributed by atoms with van der Waals surface area (Å²) in [6, 6.07) is 7.43. The summed E-state index contributed by atoms with van der Waals surface area (Å²) in [5.74, 6) is 1.31. The highest BCUT2D eigenvalue weighted by Gasteiger charge is 2.04. The van der Waals surface area contributed by atoms with Crippen molar-refractivity contribution in [3.8, 4) is 5.75 Å². The van der Waals surface area contributed by atoms with Gasteiger partial charge in [-0.25, -0.2) is 4.98 Å². The van der Waals surface area contributed by atoms with E-state index in [1.54, 1.807) is 19.4 Å². The summed E-state index contributed by atoms with van der Waals surface area (Å²) in [4.78, 5) is 4.20. The van der Waals surface area contributed by atoms with E-state index in [4.69, 9.17) is 22.1 Å². The van der Waals surface area contributed by atoms with Crippen LogP contribution in [0.3, 0.4) is 0 Å². The predicted molar refractivity (Wildman–Crippen MR) is 81.7 cm³/mol. The zero-order valence-corrected chi connectivity index (χ0v) is 12.6. The number of nitrogens with one attached hydrogen (secondary N) is 1. The van der Waals surface area contributed by atoms with Crippen molar-refractivity contribution in [2.75, 3.05) is 18.2 Å². The number of halogens is 2. The molecule has 3 N–H and O–H groups in total. The first-order chi connectivity index (χ1) is 9.10. The van der Waals surface area contributed by atoms with E-state index < -0.39 is 0 Å². The standard InChI is InChI=1S/C13H13BrClN3O/c1-19-12-3-2-8(4-11(12)16)6-17-13-10(15)5-9(14)7-18-13/h2-5,7H,6,16H2,1H3,(H,17,18). The number of rotatable bonds is 4. The average molecular weight is 343 g/mol. The second-order valence-electron chi connectivity index (χ2n) is 3.91. The molecular weight excluding hydrogens is 330 g/mol. The predicted octanol–water partition coefficient (Wildman–Crippen LogP) is 3.70. The first kappa shape index (κ1) is 14.0. The molecule has 1 aromatic carbocycles. The number of benzene rings is 1. The number of hydrogen-bond acceptors (Lipinski definition) is 4. The van der Waals surface area contributed by atoms with Crippen molar-refractivity contribution < 1.29 is 4.74 Å². The molecule has 0 spiro atoms. The highest BCUT2D eigenvalue weighted by Crippen LogP contribution is 2.25. The molecule has 0 atom stereocenters. The Morgan fingerprint density at radius 2 is 2.21 bits per heavy atom. The minimum atomic E-state index is 0.566. The number of methoxy groups -OCH3 is 1. The van der Waals surface area contributed by atoms with Gasteiger partial charge in [0.2, 0.25) is 0 Å². The van der Waals surface area contributed by atoms with E-state index in [0.717, 1.165) is 10.0 Å². The Morgan fingerprint density at radius 3 is 2.84 bits per heavy atom. The van der Waals surface area contributed by atoms with Crippen LogP contribution >= 0.6 is 27.5 Å². The molecular formula is C13H13BrClN3O. The minimum absolute atomic E-state index is 0.566. The maximum absolute atomic E-state index is 6.08. The van der Waals surface area contributed by atoms with Gasteiger partial charge < -0.3 is 15.8 Å².